The molecule has 1 heterocycles. The third-order valence-electron chi connectivity index (χ3n) is 2.56. The second-order valence-corrected chi connectivity index (χ2v) is 3.94. The van der Waals surface area contributed by atoms with Gasteiger partial charge in [0.25, 0.3) is 0 Å². The maximum Gasteiger partial charge on any atom is 0.149 e. The molecule has 0 aliphatic carbocycles. The molecule has 0 aliphatic rings. The SMILES string of the molecule is Cc1ccc(-n2ncnc2C(C)C=N)c(F)c1. The number of rotatable bonds is 3. The van der Waals surface area contributed by atoms with Gasteiger partial charge in [0, 0.05) is 6.21 Å². The molecule has 0 fully saturated rings. The Bertz CT molecular complexity index is 547. The molecule has 0 saturated carbocycles. The second-order valence-electron chi connectivity index (χ2n) is 3.94. The highest BCUT2D eigenvalue weighted by molar-refractivity contribution is 5.62. The molecule has 0 spiro atoms. The minimum absolute atomic E-state index is 0.196. The lowest BCUT2D eigenvalue weighted by Gasteiger charge is -2.09. The van der Waals surface area contributed by atoms with E-state index in [0.29, 0.717) is 11.5 Å². The molecule has 2 rings (SSSR count). The Hall–Kier alpha value is -2.04. The van der Waals surface area contributed by atoms with Crippen molar-refractivity contribution < 1.29 is 4.39 Å². The summed E-state index contributed by atoms with van der Waals surface area (Å²) in [5.41, 5.74) is 1.21. The first-order chi connectivity index (χ1) is 8.13. The molecular formula is C12H13FN4. The number of aromatic nitrogens is 3. The quantitative estimate of drug-likeness (QED) is 0.826. The third kappa shape index (κ3) is 2.08. The summed E-state index contributed by atoms with van der Waals surface area (Å²) in [6, 6.07) is 4.94. The predicted molar refractivity (Wildman–Crippen MR) is 63.3 cm³/mol. The van der Waals surface area contributed by atoms with Crippen molar-refractivity contribution in [2.45, 2.75) is 19.8 Å². The predicted octanol–water partition coefficient (Wildman–Crippen LogP) is 2.47. The van der Waals surface area contributed by atoms with Gasteiger partial charge in [0.2, 0.25) is 0 Å². The molecule has 4 nitrogen and oxygen atoms in total. The van der Waals surface area contributed by atoms with Crippen LogP contribution in [0.15, 0.2) is 24.5 Å². The minimum atomic E-state index is -0.339. The van der Waals surface area contributed by atoms with E-state index in [4.69, 9.17) is 5.41 Å². The largest absolute Gasteiger partial charge is 0.312 e. The average molecular weight is 232 g/mol. The van der Waals surface area contributed by atoms with Gasteiger partial charge in [0.05, 0.1) is 5.92 Å². The van der Waals surface area contributed by atoms with E-state index in [-0.39, 0.29) is 11.7 Å². The maximum absolute atomic E-state index is 13.8. The summed E-state index contributed by atoms with van der Waals surface area (Å²) in [6.45, 7) is 3.65. The molecule has 1 N–H and O–H groups in total. The van der Waals surface area contributed by atoms with Crippen LogP contribution in [0, 0.1) is 18.2 Å². The second kappa shape index (κ2) is 4.45. The first kappa shape index (κ1) is 11.4. The zero-order chi connectivity index (χ0) is 12.4. The molecule has 0 bridgehead atoms. The fraction of sp³-hybridized carbons (Fsp3) is 0.250. The van der Waals surface area contributed by atoms with Gasteiger partial charge in [-0.3, -0.25) is 0 Å². The number of hydrogen-bond donors (Lipinski definition) is 1. The molecule has 5 heteroatoms. The fourth-order valence-electron chi connectivity index (χ4n) is 1.60. The van der Waals surface area contributed by atoms with E-state index in [1.54, 1.807) is 6.07 Å². The summed E-state index contributed by atoms with van der Waals surface area (Å²) in [7, 11) is 0. The molecule has 0 saturated heterocycles. The first-order valence-electron chi connectivity index (χ1n) is 5.30. The van der Waals surface area contributed by atoms with Crippen LogP contribution in [-0.2, 0) is 0 Å². The molecule has 1 aromatic carbocycles. The summed E-state index contributed by atoms with van der Waals surface area (Å²) >= 11 is 0. The molecule has 0 aliphatic heterocycles. The summed E-state index contributed by atoms with van der Waals surface area (Å²) in [5.74, 6) is 0.0230. The molecule has 17 heavy (non-hydrogen) atoms. The molecule has 2 aromatic rings. The molecule has 88 valence electrons. The van der Waals surface area contributed by atoms with Gasteiger partial charge in [-0.15, -0.1) is 0 Å². The van der Waals surface area contributed by atoms with E-state index in [1.165, 1.54) is 23.3 Å². The molecule has 0 amide bonds. The van der Waals surface area contributed by atoms with Crippen molar-refractivity contribution in [2.75, 3.05) is 0 Å². The number of nitrogens with zero attached hydrogens (tertiary/aromatic N) is 3. The van der Waals surface area contributed by atoms with Gasteiger partial charge in [-0.1, -0.05) is 13.0 Å². The fourth-order valence-corrected chi connectivity index (χ4v) is 1.60. The minimum Gasteiger partial charge on any atom is -0.312 e. The third-order valence-corrected chi connectivity index (χ3v) is 2.56. The Morgan fingerprint density at radius 2 is 2.24 bits per heavy atom. The van der Waals surface area contributed by atoms with Crippen molar-refractivity contribution in [3.8, 4) is 5.69 Å². The van der Waals surface area contributed by atoms with E-state index in [2.05, 4.69) is 10.1 Å². The first-order valence-corrected chi connectivity index (χ1v) is 5.30. The number of halogens is 1. The van der Waals surface area contributed by atoms with E-state index < -0.39 is 0 Å². The van der Waals surface area contributed by atoms with Gasteiger partial charge in [-0.2, -0.15) is 5.10 Å². The summed E-state index contributed by atoms with van der Waals surface area (Å²) in [4.78, 5) is 4.06. The average Bonchev–Trinajstić information content (AvgIpc) is 2.77. The van der Waals surface area contributed by atoms with Gasteiger partial charge in [-0.05, 0) is 24.6 Å². The van der Waals surface area contributed by atoms with Crippen molar-refractivity contribution in [3.63, 3.8) is 0 Å². The van der Waals surface area contributed by atoms with Crippen LogP contribution in [0.1, 0.15) is 24.2 Å². The molecule has 1 unspecified atom stereocenters. The van der Waals surface area contributed by atoms with Crippen molar-refractivity contribution >= 4 is 6.21 Å². The van der Waals surface area contributed by atoms with Crippen LogP contribution in [0.25, 0.3) is 5.69 Å². The normalized spacial score (nSPS) is 12.4. The number of hydrogen-bond acceptors (Lipinski definition) is 3. The van der Waals surface area contributed by atoms with Crippen molar-refractivity contribution in [3.05, 3.63) is 41.7 Å². The van der Waals surface area contributed by atoms with E-state index in [0.717, 1.165) is 5.56 Å². The highest BCUT2D eigenvalue weighted by Gasteiger charge is 2.14. The Kier molecular flexibility index (Phi) is 2.99. The smallest absolute Gasteiger partial charge is 0.149 e. The Morgan fingerprint density at radius 3 is 2.88 bits per heavy atom. The molecule has 1 atom stereocenters. The monoisotopic (exact) mass is 232 g/mol. The van der Waals surface area contributed by atoms with Gasteiger partial charge < -0.3 is 5.41 Å². The maximum atomic E-state index is 13.8. The van der Waals surface area contributed by atoms with E-state index >= 15 is 0 Å². The summed E-state index contributed by atoms with van der Waals surface area (Å²) in [5, 5.41) is 11.2. The molecular weight excluding hydrogens is 219 g/mol. The van der Waals surface area contributed by atoms with Crippen LogP contribution in [0.5, 0.6) is 0 Å². The zero-order valence-corrected chi connectivity index (χ0v) is 9.68. The van der Waals surface area contributed by atoms with Crippen LogP contribution in [-0.4, -0.2) is 21.0 Å². The van der Waals surface area contributed by atoms with E-state index in [1.807, 2.05) is 19.9 Å². The summed E-state index contributed by atoms with van der Waals surface area (Å²) in [6.07, 6.45) is 2.63. The molecule has 0 radical (unpaired) electrons. The van der Waals surface area contributed by atoms with Crippen LogP contribution < -0.4 is 0 Å². The van der Waals surface area contributed by atoms with Crippen molar-refractivity contribution in [2.24, 2.45) is 0 Å². The standard InChI is InChI=1S/C12H13FN4/c1-8-3-4-11(10(13)5-8)17-12(9(2)6-14)15-7-16-17/h3-7,9,14H,1-2H3. The Labute approximate surface area is 98.6 Å². The van der Waals surface area contributed by atoms with Gasteiger partial charge >= 0.3 is 0 Å². The van der Waals surface area contributed by atoms with Crippen LogP contribution in [0.4, 0.5) is 4.39 Å². The van der Waals surface area contributed by atoms with Crippen molar-refractivity contribution in [1.82, 2.24) is 14.8 Å². The Morgan fingerprint density at radius 1 is 1.47 bits per heavy atom. The highest BCUT2D eigenvalue weighted by Crippen LogP contribution is 2.18. The lowest BCUT2D eigenvalue weighted by molar-refractivity contribution is 0.603. The summed E-state index contributed by atoms with van der Waals surface area (Å²) < 4.78 is 15.3. The van der Waals surface area contributed by atoms with Crippen LogP contribution >= 0.6 is 0 Å². The number of nitrogens with one attached hydrogen (secondary N) is 1. The lowest BCUT2D eigenvalue weighted by Crippen LogP contribution is -2.09. The topological polar surface area (TPSA) is 54.6 Å². The number of benzene rings is 1. The molecule has 1 aromatic heterocycles. The van der Waals surface area contributed by atoms with E-state index in [9.17, 15) is 4.39 Å². The highest BCUT2D eigenvalue weighted by atomic mass is 19.1. The lowest BCUT2D eigenvalue weighted by atomic mass is 10.1. The van der Waals surface area contributed by atoms with Crippen LogP contribution in [0.2, 0.25) is 0 Å². The van der Waals surface area contributed by atoms with Gasteiger partial charge in [-0.25, -0.2) is 14.1 Å². The number of aryl methyl sites for hydroxylation is 1. The van der Waals surface area contributed by atoms with Crippen LogP contribution in [0.3, 0.4) is 0 Å². The Balaban J connectivity index is 2.53. The zero-order valence-electron chi connectivity index (χ0n) is 9.68. The van der Waals surface area contributed by atoms with Crippen molar-refractivity contribution in [1.29, 1.82) is 5.41 Å². The van der Waals surface area contributed by atoms with Gasteiger partial charge in [0.1, 0.15) is 23.7 Å². The van der Waals surface area contributed by atoms with Gasteiger partial charge in [0.15, 0.2) is 0 Å².